The third-order valence-electron chi connectivity index (χ3n) is 12.4. The molecule has 10 rings (SSSR count). The molecule has 0 unspecified atom stereocenters. The Balaban J connectivity index is 0.000000383. The van der Waals surface area contributed by atoms with Crippen LogP contribution in [-0.4, -0.2) is 47.6 Å². The fourth-order valence-electron chi connectivity index (χ4n) is 8.97. The summed E-state index contributed by atoms with van der Waals surface area (Å²) in [5.41, 5.74) is 19.4. The first-order valence-corrected chi connectivity index (χ1v) is 27.8. The summed E-state index contributed by atoms with van der Waals surface area (Å²) in [6, 6.07) is 63.2. The first-order chi connectivity index (χ1) is 40.2. The van der Waals surface area contributed by atoms with E-state index in [1.54, 1.807) is 12.1 Å². The van der Waals surface area contributed by atoms with E-state index < -0.39 is 0 Å². The van der Waals surface area contributed by atoms with Crippen LogP contribution in [-0.2, 0) is 74.7 Å². The molecule has 463 valence electrons. The van der Waals surface area contributed by atoms with Crippen LogP contribution in [0.5, 0.6) is 0 Å². The number of aliphatic hydroxyl groups excluding tert-OH is 3. The number of pyridine rings is 3. The molecule has 0 fully saturated rings. The van der Waals surface area contributed by atoms with Crippen LogP contribution in [0.1, 0.15) is 100 Å². The number of carbonyl (C=O) groups is 3. The van der Waals surface area contributed by atoms with E-state index in [1.165, 1.54) is 105 Å². The van der Waals surface area contributed by atoms with Crippen LogP contribution in [0.2, 0.25) is 0 Å². The van der Waals surface area contributed by atoms with Crippen molar-refractivity contribution in [1.82, 2.24) is 15.0 Å². The molecule has 13 heteroatoms. The third-order valence-corrected chi connectivity index (χ3v) is 12.4. The van der Waals surface area contributed by atoms with Crippen LogP contribution in [0.4, 0.5) is 4.39 Å². The minimum atomic E-state index is -0.235. The normalized spacial score (nSPS) is 10.8. The minimum absolute atomic E-state index is 0. The average molecular weight is 1710 g/mol. The largest absolute Gasteiger partial charge is 0.512 e. The van der Waals surface area contributed by atoms with Crippen LogP contribution in [0, 0.1) is 65.6 Å². The molecular formula is C75H75FIr3N3O6-3. The van der Waals surface area contributed by atoms with E-state index in [1.807, 2.05) is 38.1 Å². The van der Waals surface area contributed by atoms with Crippen LogP contribution in [0.25, 0.3) is 77.6 Å². The molecule has 0 bridgehead atoms. The van der Waals surface area contributed by atoms with E-state index in [0.717, 1.165) is 66.9 Å². The van der Waals surface area contributed by atoms with Gasteiger partial charge in [-0.05, 0) is 116 Å². The fourth-order valence-corrected chi connectivity index (χ4v) is 8.97. The zero-order chi connectivity index (χ0) is 62.5. The van der Waals surface area contributed by atoms with Gasteiger partial charge in [-0.3, -0.25) is 29.3 Å². The SMILES string of the molecule is CC(=O)C=C(C)O.CC(=O)C=C(C)O.CC(=O)C=C(C)O.Cc1[c-]c(-c2ccc3c(F)cccc3n2)cc(C)c1.Cc1[c-]c(-c2ccc3ccc(-c4ccccc4)cc3n2)cc(C)c1.Cc1[c-]c(-c2ccc3ccc(C(C)C)cc3n2)cc(C)c1.[Ir].[Ir].[Ir]. The molecule has 3 aromatic heterocycles. The van der Waals surface area contributed by atoms with E-state index in [4.69, 9.17) is 25.3 Å². The maximum atomic E-state index is 13.6. The molecule has 0 aliphatic heterocycles. The molecule has 7 aromatic carbocycles. The van der Waals surface area contributed by atoms with E-state index in [-0.39, 0.29) is 101 Å². The summed E-state index contributed by atoms with van der Waals surface area (Å²) < 4.78 is 13.6. The maximum Gasteiger partial charge on any atom is 0.155 e. The Morgan fingerprint density at radius 3 is 1.17 bits per heavy atom. The summed E-state index contributed by atoms with van der Waals surface area (Å²) in [5, 5.41) is 28.0. The van der Waals surface area contributed by atoms with Crippen molar-refractivity contribution in [3.05, 3.63) is 256 Å². The van der Waals surface area contributed by atoms with Crippen molar-refractivity contribution in [2.24, 2.45) is 0 Å². The summed E-state index contributed by atoms with van der Waals surface area (Å²) >= 11 is 0. The molecule has 9 nitrogen and oxygen atoms in total. The molecule has 3 N–H and O–H groups in total. The summed E-state index contributed by atoms with van der Waals surface area (Å²) in [4.78, 5) is 44.3. The van der Waals surface area contributed by atoms with Gasteiger partial charge in [-0.2, -0.15) is 0 Å². The molecular weight excluding hydrogens is 1630 g/mol. The number of halogens is 1. The van der Waals surface area contributed by atoms with Gasteiger partial charge in [0.1, 0.15) is 5.82 Å². The standard InChI is InChI=1S/C23H18N.C20H20N.C17H13FN.3C5H8O2.3Ir/c1-16-12-17(2)14-21(13-16)22-11-10-19-8-9-20(15-23(19)24-22)18-6-4-3-5-7-18;1-13(2)17-6-5-16-7-8-19(21-20(16)12-17)18-10-14(3)9-15(4)11-18;1-11-8-12(2)10-13(9-11)16-7-6-14-15(18)4-3-5-17(14)19-16;3*1-4(6)3-5(2)7;;;/h3-13,15H,1-2H3;5-10,12-13H,1-4H3;3-9H,1-2H3;3*3,6H,1-2H3;;;/q3*-1;;;;;;. The Morgan fingerprint density at radius 2 is 0.795 bits per heavy atom. The van der Waals surface area contributed by atoms with E-state index in [0.29, 0.717) is 16.8 Å². The predicted molar refractivity (Wildman–Crippen MR) is 347 cm³/mol. The molecule has 0 spiro atoms. The van der Waals surface area contributed by atoms with E-state index in [2.05, 4.69) is 180 Å². The molecule has 0 amide bonds. The van der Waals surface area contributed by atoms with Gasteiger partial charge in [0, 0.05) is 83.9 Å². The second kappa shape index (κ2) is 37.2. The molecule has 3 radical (unpaired) electrons. The summed E-state index contributed by atoms with van der Waals surface area (Å²) in [6.45, 7) is 25.4. The van der Waals surface area contributed by atoms with Crippen LogP contribution in [0.3, 0.4) is 0 Å². The van der Waals surface area contributed by atoms with Crippen molar-refractivity contribution >= 4 is 50.1 Å². The summed E-state index contributed by atoms with van der Waals surface area (Å²) in [6.07, 6.45) is 3.50. The molecule has 88 heavy (non-hydrogen) atoms. The number of fused-ring (bicyclic) bond motifs is 3. The van der Waals surface area contributed by atoms with Gasteiger partial charge in [0.25, 0.3) is 0 Å². The van der Waals surface area contributed by atoms with Gasteiger partial charge in [0.15, 0.2) is 17.3 Å². The summed E-state index contributed by atoms with van der Waals surface area (Å²) in [5.74, 6) is 0.0982. The first-order valence-electron chi connectivity index (χ1n) is 27.8. The van der Waals surface area contributed by atoms with Gasteiger partial charge in [-0.1, -0.05) is 152 Å². The Bertz CT molecular complexity index is 3950. The molecule has 3 heterocycles. The van der Waals surface area contributed by atoms with Crippen LogP contribution in [0.15, 0.2) is 193 Å². The molecule has 0 saturated carbocycles. The molecule has 0 aliphatic carbocycles. The zero-order valence-corrected chi connectivity index (χ0v) is 59.3. The monoisotopic (exact) mass is 1710 g/mol. The van der Waals surface area contributed by atoms with Crippen LogP contribution < -0.4 is 0 Å². The third kappa shape index (κ3) is 25.5. The zero-order valence-electron chi connectivity index (χ0n) is 52.1. The number of carbonyl (C=O) groups excluding carboxylic acids is 3. The van der Waals surface area contributed by atoms with Gasteiger partial charge in [-0.25, -0.2) is 4.39 Å². The average Bonchev–Trinajstić information content (AvgIpc) is 1.64. The number of nitrogens with zero attached hydrogens (tertiary/aromatic N) is 3. The van der Waals surface area contributed by atoms with Crippen molar-refractivity contribution in [3.63, 3.8) is 0 Å². The van der Waals surface area contributed by atoms with Gasteiger partial charge in [-0.15, -0.1) is 105 Å². The van der Waals surface area contributed by atoms with Crippen molar-refractivity contribution < 1.29 is 94.4 Å². The fraction of sp³-hybridized carbons (Fsp3) is 0.200. The Labute approximate surface area is 559 Å². The van der Waals surface area contributed by atoms with Crippen molar-refractivity contribution in [3.8, 4) is 44.9 Å². The number of hydrogen-bond acceptors (Lipinski definition) is 9. The Hall–Kier alpha value is -7.72. The molecule has 0 atom stereocenters. The second-order valence-corrected chi connectivity index (χ2v) is 21.2. The van der Waals surface area contributed by atoms with Gasteiger partial charge < -0.3 is 15.3 Å². The quantitative estimate of drug-likeness (QED) is 0.0767. The number of aromatic nitrogens is 3. The van der Waals surface area contributed by atoms with Gasteiger partial charge >= 0.3 is 0 Å². The van der Waals surface area contributed by atoms with Crippen LogP contribution >= 0.6 is 0 Å². The molecule has 0 aliphatic rings. The summed E-state index contributed by atoms with van der Waals surface area (Å²) in [7, 11) is 0. The number of aliphatic hydroxyl groups is 3. The number of aryl methyl sites for hydroxylation is 6. The number of rotatable bonds is 8. The Kier molecular flexibility index (Phi) is 32.3. The second-order valence-electron chi connectivity index (χ2n) is 21.2. The van der Waals surface area contributed by atoms with E-state index in [9.17, 15) is 18.8 Å². The smallest absolute Gasteiger partial charge is 0.155 e. The minimum Gasteiger partial charge on any atom is -0.512 e. The van der Waals surface area contributed by atoms with Crippen molar-refractivity contribution in [2.75, 3.05) is 0 Å². The number of allylic oxidation sites excluding steroid dienone is 6. The van der Waals surface area contributed by atoms with Crippen molar-refractivity contribution in [1.29, 1.82) is 0 Å². The first kappa shape index (κ1) is 76.4. The van der Waals surface area contributed by atoms with E-state index >= 15 is 0 Å². The number of ketones is 3. The molecule has 0 saturated heterocycles. The molecule has 10 aromatic rings. The maximum absolute atomic E-state index is 13.6. The van der Waals surface area contributed by atoms with Gasteiger partial charge in [0.05, 0.1) is 33.8 Å². The predicted octanol–water partition coefficient (Wildman–Crippen LogP) is 19.0. The Morgan fingerprint density at radius 1 is 0.420 bits per heavy atom. The topological polar surface area (TPSA) is 151 Å². The number of benzene rings is 7. The van der Waals surface area contributed by atoms with Gasteiger partial charge in [0.2, 0.25) is 0 Å². The van der Waals surface area contributed by atoms with Crippen molar-refractivity contribution in [2.45, 2.75) is 103 Å². The number of hydrogen-bond donors (Lipinski definition) is 3.